The highest BCUT2D eigenvalue weighted by molar-refractivity contribution is 7.99. The highest BCUT2D eigenvalue weighted by Crippen LogP contribution is 2.20. The maximum atomic E-state index is 13.8. The SMILES string of the molecule is O=C(CSc1nc2ccccc2c(=O)n1CCCc1ccccc1)Nc1ccccc1F. The predicted molar refractivity (Wildman–Crippen MR) is 127 cm³/mol. The van der Waals surface area contributed by atoms with E-state index in [0.717, 1.165) is 12.8 Å². The van der Waals surface area contributed by atoms with Crippen molar-refractivity contribution in [3.8, 4) is 0 Å². The maximum absolute atomic E-state index is 13.8. The standard InChI is InChI=1S/C25H22FN3O2S/c26-20-13-5-7-15-22(20)27-23(30)17-32-25-28-21-14-6-4-12-19(21)24(31)29(25)16-8-11-18-9-2-1-3-10-18/h1-7,9-10,12-15H,8,11,16-17H2,(H,27,30). The Hall–Kier alpha value is -3.45. The van der Waals surface area contributed by atoms with Gasteiger partial charge in [0.2, 0.25) is 5.91 Å². The third kappa shape index (κ3) is 5.23. The molecule has 0 spiro atoms. The van der Waals surface area contributed by atoms with E-state index in [2.05, 4.69) is 22.4 Å². The number of anilines is 1. The number of aryl methyl sites for hydroxylation is 1. The third-order valence-electron chi connectivity index (χ3n) is 5.00. The molecule has 0 fully saturated rings. The van der Waals surface area contributed by atoms with Gasteiger partial charge in [-0.05, 0) is 42.7 Å². The summed E-state index contributed by atoms with van der Waals surface area (Å²) in [5.74, 6) is -0.844. The molecule has 32 heavy (non-hydrogen) atoms. The molecular formula is C25H22FN3O2S. The van der Waals surface area contributed by atoms with Gasteiger partial charge in [-0.15, -0.1) is 0 Å². The molecule has 7 heteroatoms. The summed E-state index contributed by atoms with van der Waals surface area (Å²) < 4.78 is 15.4. The lowest BCUT2D eigenvalue weighted by atomic mass is 10.1. The van der Waals surface area contributed by atoms with E-state index < -0.39 is 5.82 Å². The first-order valence-corrected chi connectivity index (χ1v) is 11.3. The van der Waals surface area contributed by atoms with Crippen LogP contribution in [0.1, 0.15) is 12.0 Å². The lowest BCUT2D eigenvalue weighted by Gasteiger charge is -2.13. The number of aromatic nitrogens is 2. The smallest absolute Gasteiger partial charge is 0.262 e. The summed E-state index contributed by atoms with van der Waals surface area (Å²) in [6.45, 7) is 0.489. The van der Waals surface area contributed by atoms with Crippen molar-refractivity contribution in [3.63, 3.8) is 0 Å². The van der Waals surface area contributed by atoms with E-state index in [1.165, 1.54) is 29.5 Å². The molecule has 0 saturated heterocycles. The number of benzene rings is 3. The van der Waals surface area contributed by atoms with Gasteiger partial charge in [0.25, 0.3) is 5.56 Å². The molecule has 0 unspecified atom stereocenters. The van der Waals surface area contributed by atoms with Gasteiger partial charge in [-0.1, -0.05) is 66.4 Å². The van der Waals surface area contributed by atoms with Crippen LogP contribution in [-0.4, -0.2) is 21.2 Å². The lowest BCUT2D eigenvalue weighted by molar-refractivity contribution is -0.113. The van der Waals surface area contributed by atoms with Gasteiger partial charge < -0.3 is 5.32 Å². The normalized spacial score (nSPS) is 10.9. The van der Waals surface area contributed by atoms with E-state index in [-0.39, 0.29) is 22.9 Å². The summed E-state index contributed by atoms with van der Waals surface area (Å²) in [6, 6.07) is 23.3. The number of amides is 1. The minimum Gasteiger partial charge on any atom is -0.323 e. The lowest BCUT2D eigenvalue weighted by Crippen LogP contribution is -2.24. The Labute approximate surface area is 189 Å². The van der Waals surface area contributed by atoms with E-state index in [1.54, 1.807) is 28.8 Å². The first-order valence-electron chi connectivity index (χ1n) is 10.3. The van der Waals surface area contributed by atoms with Crippen LogP contribution >= 0.6 is 11.8 Å². The highest BCUT2D eigenvalue weighted by Gasteiger charge is 2.14. The molecule has 0 bridgehead atoms. The zero-order valence-corrected chi connectivity index (χ0v) is 18.1. The van der Waals surface area contributed by atoms with Crippen molar-refractivity contribution in [1.82, 2.24) is 9.55 Å². The third-order valence-corrected chi connectivity index (χ3v) is 5.97. The molecule has 1 N–H and O–H groups in total. The molecule has 5 nitrogen and oxygen atoms in total. The number of fused-ring (bicyclic) bond motifs is 1. The number of hydrogen-bond acceptors (Lipinski definition) is 4. The summed E-state index contributed by atoms with van der Waals surface area (Å²) in [7, 11) is 0. The van der Waals surface area contributed by atoms with Crippen LogP contribution in [0.25, 0.3) is 10.9 Å². The van der Waals surface area contributed by atoms with E-state index in [1.807, 2.05) is 30.3 Å². The van der Waals surface area contributed by atoms with Crippen LogP contribution in [0, 0.1) is 5.82 Å². The summed E-state index contributed by atoms with van der Waals surface area (Å²) >= 11 is 1.17. The van der Waals surface area contributed by atoms with Crippen LogP contribution < -0.4 is 10.9 Å². The van der Waals surface area contributed by atoms with Crippen LogP contribution in [0.2, 0.25) is 0 Å². The zero-order chi connectivity index (χ0) is 22.3. The van der Waals surface area contributed by atoms with Crippen LogP contribution in [0.4, 0.5) is 10.1 Å². The fraction of sp³-hybridized carbons (Fsp3) is 0.160. The molecule has 3 aromatic carbocycles. The molecule has 0 radical (unpaired) electrons. The summed E-state index contributed by atoms with van der Waals surface area (Å²) in [5.41, 5.74) is 1.80. The molecular weight excluding hydrogens is 425 g/mol. The fourth-order valence-electron chi connectivity index (χ4n) is 3.42. The quantitative estimate of drug-likeness (QED) is 0.308. The number of thioether (sulfide) groups is 1. The van der Waals surface area contributed by atoms with Crippen molar-refractivity contribution in [2.45, 2.75) is 24.5 Å². The molecule has 1 heterocycles. The number of carbonyl (C=O) groups excluding carboxylic acids is 1. The Morgan fingerprint density at radius 1 is 0.969 bits per heavy atom. The van der Waals surface area contributed by atoms with Crippen LogP contribution in [0.5, 0.6) is 0 Å². The highest BCUT2D eigenvalue weighted by atomic mass is 32.2. The first kappa shape index (κ1) is 21.8. The molecule has 1 amide bonds. The second kappa shape index (κ2) is 10.2. The van der Waals surface area contributed by atoms with Crippen LogP contribution in [-0.2, 0) is 17.8 Å². The van der Waals surface area contributed by atoms with Gasteiger partial charge >= 0.3 is 0 Å². The van der Waals surface area contributed by atoms with Gasteiger partial charge in [0.15, 0.2) is 5.16 Å². The number of hydrogen-bond donors (Lipinski definition) is 1. The Morgan fingerprint density at radius 2 is 1.69 bits per heavy atom. The van der Waals surface area contributed by atoms with Crippen molar-refractivity contribution in [2.75, 3.05) is 11.1 Å². The van der Waals surface area contributed by atoms with E-state index >= 15 is 0 Å². The number of rotatable bonds is 8. The summed E-state index contributed by atoms with van der Waals surface area (Å²) in [4.78, 5) is 30.1. The van der Waals surface area contributed by atoms with Crippen molar-refractivity contribution < 1.29 is 9.18 Å². The minimum atomic E-state index is -0.493. The molecule has 0 aliphatic heterocycles. The second-order valence-electron chi connectivity index (χ2n) is 7.27. The van der Waals surface area contributed by atoms with Gasteiger partial charge in [0.1, 0.15) is 5.82 Å². The molecule has 4 aromatic rings. The monoisotopic (exact) mass is 447 g/mol. The van der Waals surface area contributed by atoms with Crippen LogP contribution in [0.15, 0.2) is 88.8 Å². The van der Waals surface area contributed by atoms with E-state index in [4.69, 9.17) is 0 Å². The Kier molecular flexibility index (Phi) is 6.97. The largest absolute Gasteiger partial charge is 0.323 e. The van der Waals surface area contributed by atoms with Crippen molar-refractivity contribution in [2.24, 2.45) is 0 Å². The molecule has 0 aliphatic carbocycles. The first-order chi connectivity index (χ1) is 15.6. The molecule has 162 valence electrons. The molecule has 1 aromatic heterocycles. The number of halogens is 1. The maximum Gasteiger partial charge on any atom is 0.262 e. The van der Waals surface area contributed by atoms with Crippen molar-refractivity contribution in [3.05, 3.63) is 101 Å². The average Bonchev–Trinajstić information content (AvgIpc) is 2.81. The number of para-hydroxylation sites is 2. The van der Waals surface area contributed by atoms with Gasteiger partial charge in [0.05, 0.1) is 22.3 Å². The molecule has 4 rings (SSSR count). The average molecular weight is 448 g/mol. The topological polar surface area (TPSA) is 64.0 Å². The predicted octanol–water partition coefficient (Wildman–Crippen LogP) is 4.90. The number of nitrogens with one attached hydrogen (secondary N) is 1. The van der Waals surface area contributed by atoms with Gasteiger partial charge in [-0.25, -0.2) is 9.37 Å². The van der Waals surface area contributed by atoms with Gasteiger partial charge in [-0.3, -0.25) is 14.2 Å². The van der Waals surface area contributed by atoms with Crippen molar-refractivity contribution in [1.29, 1.82) is 0 Å². The van der Waals surface area contributed by atoms with Gasteiger partial charge in [-0.2, -0.15) is 0 Å². The molecule has 0 saturated carbocycles. The summed E-state index contributed by atoms with van der Waals surface area (Å²) in [6.07, 6.45) is 1.59. The van der Waals surface area contributed by atoms with E-state index in [0.29, 0.717) is 22.6 Å². The number of carbonyl (C=O) groups is 1. The Morgan fingerprint density at radius 3 is 2.50 bits per heavy atom. The number of nitrogens with zero attached hydrogens (tertiary/aromatic N) is 2. The Bertz CT molecular complexity index is 1290. The Balaban J connectivity index is 1.52. The summed E-state index contributed by atoms with van der Waals surface area (Å²) in [5, 5.41) is 3.59. The zero-order valence-electron chi connectivity index (χ0n) is 17.3. The van der Waals surface area contributed by atoms with E-state index in [9.17, 15) is 14.0 Å². The fourth-order valence-corrected chi connectivity index (χ4v) is 4.25. The van der Waals surface area contributed by atoms with Crippen molar-refractivity contribution >= 4 is 34.3 Å². The van der Waals surface area contributed by atoms with Gasteiger partial charge in [0, 0.05) is 6.54 Å². The molecule has 0 aliphatic rings. The minimum absolute atomic E-state index is 0.0117. The second-order valence-corrected chi connectivity index (χ2v) is 8.22. The van der Waals surface area contributed by atoms with Crippen LogP contribution in [0.3, 0.4) is 0 Å². The molecule has 0 atom stereocenters.